The van der Waals surface area contributed by atoms with Crippen molar-refractivity contribution in [1.29, 1.82) is 0 Å². The van der Waals surface area contributed by atoms with Crippen molar-refractivity contribution in [3.63, 3.8) is 0 Å². The van der Waals surface area contributed by atoms with Crippen LogP contribution >= 0.6 is 0 Å². The second-order valence-corrected chi connectivity index (χ2v) is 6.11. The standard InChI is InChI=1S/C18H19NO4/c1-12-6-2-3-7-13(12)11-23-16(20)10-19-17(21)14-8-4-5-9-15(14)18(19)22/h2-5,8-9,12-13H,6-7,10-11H2,1H3. The monoisotopic (exact) mass is 313 g/mol. The molecule has 1 aliphatic carbocycles. The summed E-state index contributed by atoms with van der Waals surface area (Å²) in [6.07, 6.45) is 6.12. The Bertz CT molecular complexity index is 644. The van der Waals surface area contributed by atoms with Gasteiger partial charge in [-0.1, -0.05) is 31.2 Å². The van der Waals surface area contributed by atoms with Gasteiger partial charge in [-0.25, -0.2) is 0 Å². The topological polar surface area (TPSA) is 63.7 Å². The first-order valence-corrected chi connectivity index (χ1v) is 7.83. The zero-order valence-corrected chi connectivity index (χ0v) is 13.0. The molecule has 1 heterocycles. The van der Waals surface area contributed by atoms with Gasteiger partial charge in [0.2, 0.25) is 0 Å². The highest BCUT2D eigenvalue weighted by atomic mass is 16.5. The lowest BCUT2D eigenvalue weighted by Gasteiger charge is -2.25. The fourth-order valence-electron chi connectivity index (χ4n) is 3.00. The van der Waals surface area contributed by atoms with E-state index < -0.39 is 17.8 Å². The largest absolute Gasteiger partial charge is 0.464 e. The molecule has 1 aromatic rings. The molecule has 2 amide bonds. The number of carbonyl (C=O) groups is 3. The van der Waals surface area contributed by atoms with E-state index in [1.165, 1.54) is 0 Å². The summed E-state index contributed by atoms with van der Waals surface area (Å²) in [5.74, 6) is -0.646. The number of benzene rings is 1. The van der Waals surface area contributed by atoms with Crippen LogP contribution in [0.25, 0.3) is 0 Å². The average molecular weight is 313 g/mol. The number of rotatable bonds is 4. The summed E-state index contributed by atoms with van der Waals surface area (Å²) in [6.45, 7) is 2.13. The molecule has 120 valence electrons. The van der Waals surface area contributed by atoms with Crippen LogP contribution in [0.4, 0.5) is 0 Å². The fraction of sp³-hybridized carbons (Fsp3) is 0.389. The first kappa shape index (κ1) is 15.5. The molecule has 2 atom stereocenters. The van der Waals surface area contributed by atoms with Crippen molar-refractivity contribution in [2.24, 2.45) is 11.8 Å². The number of hydrogen-bond donors (Lipinski definition) is 0. The summed E-state index contributed by atoms with van der Waals surface area (Å²) in [6, 6.07) is 6.58. The highest BCUT2D eigenvalue weighted by Crippen LogP contribution is 2.25. The maximum Gasteiger partial charge on any atom is 0.326 e. The Balaban J connectivity index is 1.58. The maximum absolute atomic E-state index is 12.2. The Morgan fingerprint density at radius 3 is 2.35 bits per heavy atom. The van der Waals surface area contributed by atoms with Crippen LogP contribution in [0.5, 0.6) is 0 Å². The number of nitrogens with zero attached hydrogens (tertiary/aromatic N) is 1. The van der Waals surface area contributed by atoms with Gasteiger partial charge in [-0.2, -0.15) is 0 Å². The molecule has 1 aromatic carbocycles. The molecule has 2 unspecified atom stereocenters. The van der Waals surface area contributed by atoms with Crippen LogP contribution in [0.3, 0.4) is 0 Å². The Hall–Kier alpha value is -2.43. The van der Waals surface area contributed by atoms with Crippen molar-refractivity contribution in [3.8, 4) is 0 Å². The first-order valence-electron chi connectivity index (χ1n) is 7.83. The molecule has 3 rings (SSSR count). The summed E-state index contributed by atoms with van der Waals surface area (Å²) in [5, 5.41) is 0. The van der Waals surface area contributed by atoms with Crippen LogP contribution in [0.2, 0.25) is 0 Å². The average Bonchev–Trinajstić information content (AvgIpc) is 2.80. The van der Waals surface area contributed by atoms with E-state index in [4.69, 9.17) is 4.74 Å². The molecular formula is C18H19NO4. The van der Waals surface area contributed by atoms with Crippen LogP contribution < -0.4 is 0 Å². The van der Waals surface area contributed by atoms with Crippen LogP contribution in [0.1, 0.15) is 40.5 Å². The van der Waals surface area contributed by atoms with Gasteiger partial charge >= 0.3 is 5.97 Å². The van der Waals surface area contributed by atoms with Gasteiger partial charge in [0.25, 0.3) is 11.8 Å². The lowest BCUT2D eigenvalue weighted by atomic mass is 9.85. The molecule has 0 N–H and O–H groups in total. The normalized spacial score (nSPS) is 23.1. The zero-order chi connectivity index (χ0) is 16.4. The number of ether oxygens (including phenoxy) is 1. The molecule has 0 spiro atoms. The molecule has 0 fully saturated rings. The Labute approximate surface area is 134 Å². The third kappa shape index (κ3) is 3.04. The summed E-state index contributed by atoms with van der Waals surface area (Å²) in [7, 11) is 0. The van der Waals surface area contributed by atoms with Crippen molar-refractivity contribution in [1.82, 2.24) is 4.90 Å². The number of carbonyl (C=O) groups excluding carboxylic acids is 3. The van der Waals surface area contributed by atoms with Crippen molar-refractivity contribution >= 4 is 17.8 Å². The molecule has 0 bridgehead atoms. The lowest BCUT2D eigenvalue weighted by molar-refractivity contribution is -0.145. The fourth-order valence-corrected chi connectivity index (χ4v) is 3.00. The SMILES string of the molecule is CC1CC=CCC1COC(=O)CN1C(=O)c2ccccc2C1=O. The second-order valence-electron chi connectivity index (χ2n) is 6.11. The molecule has 0 saturated carbocycles. The predicted molar refractivity (Wildman–Crippen MR) is 83.8 cm³/mol. The van der Waals surface area contributed by atoms with Gasteiger partial charge in [-0.3, -0.25) is 19.3 Å². The first-order chi connectivity index (χ1) is 11.1. The summed E-state index contributed by atoms with van der Waals surface area (Å²) >= 11 is 0. The van der Waals surface area contributed by atoms with Crippen molar-refractivity contribution in [3.05, 3.63) is 47.5 Å². The van der Waals surface area contributed by atoms with Crippen LogP contribution in [0.15, 0.2) is 36.4 Å². The van der Waals surface area contributed by atoms with Gasteiger partial charge in [-0.05, 0) is 36.8 Å². The van der Waals surface area contributed by atoms with Crippen LogP contribution in [-0.4, -0.2) is 35.8 Å². The van der Waals surface area contributed by atoms with Crippen molar-refractivity contribution in [2.75, 3.05) is 13.2 Å². The smallest absolute Gasteiger partial charge is 0.326 e. The van der Waals surface area contributed by atoms with E-state index in [0.717, 1.165) is 17.7 Å². The number of esters is 1. The molecule has 5 heteroatoms. The zero-order valence-electron chi connectivity index (χ0n) is 13.0. The van der Waals surface area contributed by atoms with E-state index >= 15 is 0 Å². The van der Waals surface area contributed by atoms with E-state index in [9.17, 15) is 14.4 Å². The number of amides is 2. The number of allylic oxidation sites excluding steroid dienone is 2. The quantitative estimate of drug-likeness (QED) is 0.486. The predicted octanol–water partition coefficient (Wildman–Crippen LogP) is 2.43. The van der Waals surface area contributed by atoms with Crippen LogP contribution in [0, 0.1) is 11.8 Å². The highest BCUT2D eigenvalue weighted by Gasteiger charge is 2.36. The molecular weight excluding hydrogens is 294 g/mol. The van der Waals surface area contributed by atoms with Gasteiger partial charge in [0.05, 0.1) is 17.7 Å². The molecule has 2 aliphatic rings. The highest BCUT2D eigenvalue weighted by molar-refractivity contribution is 6.22. The molecule has 1 aliphatic heterocycles. The Kier molecular flexibility index (Phi) is 4.28. The van der Waals surface area contributed by atoms with Crippen molar-refractivity contribution in [2.45, 2.75) is 19.8 Å². The van der Waals surface area contributed by atoms with Gasteiger partial charge in [0.1, 0.15) is 6.54 Å². The van der Waals surface area contributed by atoms with Crippen LogP contribution in [-0.2, 0) is 9.53 Å². The number of imide groups is 1. The van der Waals surface area contributed by atoms with Gasteiger partial charge < -0.3 is 4.74 Å². The Morgan fingerprint density at radius 1 is 1.13 bits per heavy atom. The lowest BCUT2D eigenvalue weighted by Crippen LogP contribution is -2.36. The molecule has 5 nitrogen and oxygen atoms in total. The summed E-state index contributed by atoms with van der Waals surface area (Å²) in [5.41, 5.74) is 0.688. The second kappa shape index (κ2) is 6.36. The third-order valence-corrected chi connectivity index (χ3v) is 4.54. The van der Waals surface area contributed by atoms with E-state index in [-0.39, 0.29) is 6.54 Å². The maximum atomic E-state index is 12.2. The summed E-state index contributed by atoms with van der Waals surface area (Å²) in [4.78, 5) is 37.3. The number of hydrogen-bond acceptors (Lipinski definition) is 4. The minimum absolute atomic E-state index is 0.297. The molecule has 23 heavy (non-hydrogen) atoms. The molecule has 0 saturated heterocycles. The third-order valence-electron chi connectivity index (χ3n) is 4.54. The molecule has 0 radical (unpaired) electrons. The van der Waals surface area contributed by atoms with E-state index in [0.29, 0.717) is 29.6 Å². The Morgan fingerprint density at radius 2 is 1.74 bits per heavy atom. The minimum atomic E-state index is -0.541. The van der Waals surface area contributed by atoms with Gasteiger partial charge in [0.15, 0.2) is 0 Å². The molecule has 0 aromatic heterocycles. The van der Waals surface area contributed by atoms with E-state index in [2.05, 4.69) is 19.1 Å². The van der Waals surface area contributed by atoms with Gasteiger partial charge in [-0.15, -0.1) is 0 Å². The van der Waals surface area contributed by atoms with Crippen molar-refractivity contribution < 1.29 is 19.1 Å². The van der Waals surface area contributed by atoms with E-state index in [1.54, 1.807) is 24.3 Å². The summed E-state index contributed by atoms with van der Waals surface area (Å²) < 4.78 is 5.29. The minimum Gasteiger partial charge on any atom is -0.464 e. The van der Waals surface area contributed by atoms with Gasteiger partial charge in [0, 0.05) is 0 Å². The van der Waals surface area contributed by atoms with E-state index in [1.807, 2.05) is 0 Å². The number of fused-ring (bicyclic) bond motifs is 1.